The van der Waals surface area contributed by atoms with E-state index in [0.717, 1.165) is 36.1 Å². The van der Waals surface area contributed by atoms with E-state index >= 15 is 0 Å². The maximum Gasteiger partial charge on any atom is 0.217 e. The van der Waals surface area contributed by atoms with Gasteiger partial charge in [0.15, 0.2) is 0 Å². The summed E-state index contributed by atoms with van der Waals surface area (Å²) >= 11 is 0. The van der Waals surface area contributed by atoms with Crippen LogP contribution in [0.25, 0.3) is 0 Å². The highest BCUT2D eigenvalue weighted by molar-refractivity contribution is 5.73. The van der Waals surface area contributed by atoms with Crippen molar-refractivity contribution >= 4 is 5.91 Å². The van der Waals surface area contributed by atoms with Crippen LogP contribution in [-0.2, 0) is 11.2 Å². The number of aliphatic hydroxyl groups excluding tert-OH is 2. The van der Waals surface area contributed by atoms with Crippen molar-refractivity contribution < 1.29 is 19.7 Å². The third kappa shape index (κ3) is 5.06. The van der Waals surface area contributed by atoms with Gasteiger partial charge in [-0.1, -0.05) is 37.3 Å². The molecule has 1 aliphatic carbocycles. The number of nitrogens with two attached hydrogens (primary N) is 1. The fourth-order valence-corrected chi connectivity index (χ4v) is 4.60. The van der Waals surface area contributed by atoms with Gasteiger partial charge in [-0.15, -0.1) is 11.8 Å². The highest BCUT2D eigenvalue weighted by Gasteiger charge is 2.48. The molecule has 0 spiro atoms. The average Bonchev–Trinajstić information content (AvgIpc) is 3.22. The summed E-state index contributed by atoms with van der Waals surface area (Å²) in [5.74, 6) is 6.60. The molecule has 1 aromatic rings. The molecule has 0 saturated heterocycles. The molecule has 6 atom stereocenters. The topological polar surface area (TPSA) is 92.8 Å². The van der Waals surface area contributed by atoms with E-state index in [9.17, 15) is 15.0 Å². The van der Waals surface area contributed by atoms with Crippen LogP contribution in [0.5, 0.6) is 5.75 Å². The Morgan fingerprint density at radius 1 is 1.40 bits per heavy atom. The van der Waals surface area contributed by atoms with Gasteiger partial charge in [0.05, 0.1) is 12.2 Å². The van der Waals surface area contributed by atoms with Crippen LogP contribution in [0.3, 0.4) is 0 Å². The minimum absolute atomic E-state index is 0.0437. The Kier molecular flexibility index (Phi) is 7.58. The van der Waals surface area contributed by atoms with Crippen LogP contribution < -0.4 is 10.5 Å². The maximum absolute atomic E-state index is 10.9. The number of aryl methyl sites for hydroxylation is 1. The molecule has 30 heavy (non-hydrogen) atoms. The van der Waals surface area contributed by atoms with Crippen LogP contribution in [0, 0.1) is 23.7 Å². The molecule has 1 amide bonds. The zero-order chi connectivity index (χ0) is 21.7. The average molecular weight is 412 g/mol. The predicted molar refractivity (Wildman–Crippen MR) is 117 cm³/mol. The molecule has 5 nitrogen and oxygen atoms in total. The standard InChI is InChI=1S/C25H33NO4/c1-3-4-8-16(2)20(27)14-13-18-21(28)15-22-24(18)19-11-7-10-17(25(19)30-22)9-5-6-12-23(26)29/h7,10-11,13-14,16,18,20-22,24,27-28H,5-6,8-9,12,15H2,1-2H3,(H2,26,29)/b14-13+/t16-,18-,20-,21+,22-,24-/m0/s1. The zero-order valence-corrected chi connectivity index (χ0v) is 17.9. The van der Waals surface area contributed by atoms with E-state index in [4.69, 9.17) is 10.5 Å². The third-order valence-electron chi connectivity index (χ3n) is 6.32. The van der Waals surface area contributed by atoms with Crippen molar-refractivity contribution in [2.24, 2.45) is 17.6 Å². The Morgan fingerprint density at radius 3 is 2.93 bits per heavy atom. The Bertz CT molecular complexity index is 837. The number of carbonyl (C=O) groups excluding carboxylic acids is 1. The molecule has 5 heteroatoms. The number of fused-ring (bicyclic) bond motifs is 3. The van der Waals surface area contributed by atoms with Crippen LogP contribution in [0.4, 0.5) is 0 Å². The van der Waals surface area contributed by atoms with Gasteiger partial charge in [-0.25, -0.2) is 0 Å². The lowest BCUT2D eigenvalue weighted by atomic mass is 9.86. The summed E-state index contributed by atoms with van der Waals surface area (Å²) in [6.07, 6.45) is 6.79. The number of rotatable bonds is 9. The van der Waals surface area contributed by atoms with Gasteiger partial charge in [0.25, 0.3) is 0 Å². The van der Waals surface area contributed by atoms with Crippen molar-refractivity contribution in [3.63, 3.8) is 0 Å². The van der Waals surface area contributed by atoms with Crippen LogP contribution >= 0.6 is 0 Å². The minimum Gasteiger partial charge on any atom is -0.489 e. The van der Waals surface area contributed by atoms with E-state index in [1.807, 2.05) is 25.1 Å². The molecule has 0 aromatic heterocycles. The number of para-hydroxylation sites is 1. The SMILES string of the molecule is CC#CC[C@H](C)[C@@H](O)/C=C/[C@@H]1[C@H]2c3cccc(CCCCC(N)=O)c3O[C@H]2C[C@H]1O. The number of unbranched alkanes of at least 4 members (excludes halogenated alkanes) is 1. The first-order valence-electron chi connectivity index (χ1n) is 10.9. The molecule has 4 N–H and O–H groups in total. The van der Waals surface area contributed by atoms with E-state index in [0.29, 0.717) is 19.3 Å². The van der Waals surface area contributed by atoms with Gasteiger partial charge in [0, 0.05) is 36.7 Å². The zero-order valence-electron chi connectivity index (χ0n) is 17.9. The lowest BCUT2D eigenvalue weighted by molar-refractivity contribution is -0.118. The van der Waals surface area contributed by atoms with Crippen LogP contribution in [0.2, 0.25) is 0 Å². The number of aliphatic hydroxyl groups is 2. The molecule has 162 valence electrons. The molecule has 0 bridgehead atoms. The number of carbonyl (C=O) groups is 1. The predicted octanol–water partition coefficient (Wildman–Crippen LogP) is 3.08. The Morgan fingerprint density at radius 2 is 2.20 bits per heavy atom. The summed E-state index contributed by atoms with van der Waals surface area (Å²) in [7, 11) is 0. The lowest BCUT2D eigenvalue weighted by Crippen LogP contribution is -2.19. The van der Waals surface area contributed by atoms with Gasteiger partial charge >= 0.3 is 0 Å². The lowest BCUT2D eigenvalue weighted by Gasteiger charge is -2.19. The van der Waals surface area contributed by atoms with Crippen LogP contribution in [0.15, 0.2) is 30.4 Å². The first-order valence-corrected chi connectivity index (χ1v) is 10.9. The Balaban J connectivity index is 1.71. The number of benzene rings is 1. The second-order valence-electron chi connectivity index (χ2n) is 8.56. The molecule has 0 unspecified atom stereocenters. The fourth-order valence-electron chi connectivity index (χ4n) is 4.60. The molecule has 1 fully saturated rings. The minimum atomic E-state index is -0.588. The highest BCUT2D eigenvalue weighted by Crippen LogP contribution is 2.52. The first kappa shape index (κ1) is 22.4. The van der Waals surface area contributed by atoms with E-state index in [-0.39, 0.29) is 29.8 Å². The number of hydrogen-bond donors (Lipinski definition) is 3. The van der Waals surface area contributed by atoms with Gasteiger partial charge < -0.3 is 20.7 Å². The van der Waals surface area contributed by atoms with E-state index in [2.05, 4.69) is 24.0 Å². The van der Waals surface area contributed by atoms with Gasteiger partial charge in [-0.2, -0.15) is 0 Å². The molecule has 1 aliphatic heterocycles. The second kappa shape index (κ2) is 10.1. The molecular formula is C25H33NO4. The quantitative estimate of drug-likeness (QED) is 0.331. The maximum atomic E-state index is 10.9. The largest absolute Gasteiger partial charge is 0.489 e. The van der Waals surface area contributed by atoms with Gasteiger partial charge in [0.1, 0.15) is 11.9 Å². The van der Waals surface area contributed by atoms with Gasteiger partial charge in [-0.3, -0.25) is 4.79 Å². The van der Waals surface area contributed by atoms with E-state index in [1.54, 1.807) is 6.92 Å². The summed E-state index contributed by atoms with van der Waals surface area (Å²) in [6, 6.07) is 6.20. The van der Waals surface area contributed by atoms with Crippen molar-refractivity contribution in [3.05, 3.63) is 41.5 Å². The molecule has 0 radical (unpaired) electrons. The monoisotopic (exact) mass is 411 g/mol. The molecule has 1 heterocycles. The molecule has 3 rings (SSSR count). The first-order chi connectivity index (χ1) is 14.4. The number of hydrogen-bond acceptors (Lipinski definition) is 4. The van der Waals surface area contributed by atoms with Crippen molar-refractivity contribution in [2.45, 2.75) is 76.6 Å². The van der Waals surface area contributed by atoms with Crippen molar-refractivity contribution in [2.75, 3.05) is 0 Å². The molecular weight excluding hydrogens is 378 g/mol. The smallest absolute Gasteiger partial charge is 0.217 e. The summed E-state index contributed by atoms with van der Waals surface area (Å²) in [6.45, 7) is 3.78. The van der Waals surface area contributed by atoms with Crippen molar-refractivity contribution in [3.8, 4) is 17.6 Å². The molecule has 1 saturated carbocycles. The number of primary amides is 1. The molecule has 2 aliphatic rings. The number of amides is 1. The second-order valence-corrected chi connectivity index (χ2v) is 8.56. The van der Waals surface area contributed by atoms with Crippen molar-refractivity contribution in [1.82, 2.24) is 0 Å². The highest BCUT2D eigenvalue weighted by atomic mass is 16.5. The normalized spacial score (nSPS) is 26.4. The van der Waals surface area contributed by atoms with E-state index in [1.165, 1.54) is 0 Å². The van der Waals surface area contributed by atoms with E-state index < -0.39 is 12.2 Å². The Hall–Kier alpha value is -2.29. The molecule has 1 aromatic carbocycles. The van der Waals surface area contributed by atoms with Crippen molar-refractivity contribution in [1.29, 1.82) is 0 Å². The van der Waals surface area contributed by atoms with Gasteiger partial charge in [-0.05, 0) is 37.7 Å². The summed E-state index contributed by atoms with van der Waals surface area (Å²) in [5, 5.41) is 21.1. The summed E-state index contributed by atoms with van der Waals surface area (Å²) < 4.78 is 6.28. The van der Waals surface area contributed by atoms with Crippen LogP contribution in [-0.4, -0.2) is 34.4 Å². The Labute approximate surface area is 179 Å². The summed E-state index contributed by atoms with van der Waals surface area (Å²) in [4.78, 5) is 10.9. The van der Waals surface area contributed by atoms with Crippen LogP contribution in [0.1, 0.15) is 63.0 Å². The van der Waals surface area contributed by atoms with Gasteiger partial charge in [0.2, 0.25) is 5.91 Å². The summed E-state index contributed by atoms with van der Waals surface area (Å²) in [5.41, 5.74) is 7.51. The fraction of sp³-hybridized carbons (Fsp3) is 0.560. The third-order valence-corrected chi connectivity index (χ3v) is 6.32. The number of ether oxygens (including phenoxy) is 1.